The number of benzene rings is 3. The Hall–Kier alpha value is -4.04. The van der Waals surface area contributed by atoms with Crippen molar-refractivity contribution < 1.29 is 17.9 Å². The van der Waals surface area contributed by atoms with E-state index in [-0.39, 0.29) is 11.3 Å². The number of aromatic amines is 1. The summed E-state index contributed by atoms with van der Waals surface area (Å²) in [4.78, 5) is 19.1. The topological polar surface area (TPSA) is 134 Å². The van der Waals surface area contributed by atoms with Crippen LogP contribution in [0.2, 0.25) is 10.0 Å². The van der Waals surface area contributed by atoms with E-state index in [9.17, 15) is 18.5 Å². The van der Waals surface area contributed by atoms with Crippen LogP contribution in [0.25, 0.3) is 11.3 Å². The van der Waals surface area contributed by atoms with E-state index in [1.54, 1.807) is 54.6 Å². The molecule has 200 valence electrons. The molecule has 1 aromatic heterocycles. The fraction of sp³-hybridized carbons (Fsp3) is 0.148. The molecule has 3 aromatic carbocycles. The number of anilines is 1. The van der Waals surface area contributed by atoms with Gasteiger partial charge in [0.1, 0.15) is 11.6 Å². The fourth-order valence-electron chi connectivity index (χ4n) is 3.81. The molecule has 0 unspecified atom stereocenters. The lowest BCUT2D eigenvalue weighted by atomic mass is 10.1. The van der Waals surface area contributed by atoms with Crippen LogP contribution in [-0.4, -0.2) is 32.6 Å². The number of methoxy groups -OCH3 is 2. The molecule has 0 aliphatic rings. The van der Waals surface area contributed by atoms with Gasteiger partial charge in [-0.3, -0.25) is 9.78 Å². The summed E-state index contributed by atoms with van der Waals surface area (Å²) in [5, 5.41) is 13.1. The highest BCUT2D eigenvalue weighted by Crippen LogP contribution is 2.32. The average Bonchev–Trinajstić information content (AvgIpc) is 2.92. The quantitative estimate of drug-likeness (QED) is 0.256. The maximum atomic E-state index is 13.3. The summed E-state index contributed by atoms with van der Waals surface area (Å²) in [7, 11) is -1.21. The highest BCUT2D eigenvalue weighted by atomic mass is 35.5. The molecule has 0 aliphatic heterocycles. The number of H-pyrrole nitrogens is 1. The highest BCUT2D eigenvalue weighted by molar-refractivity contribution is 7.90. The molecule has 39 heavy (non-hydrogen) atoms. The van der Waals surface area contributed by atoms with E-state index < -0.39 is 26.3 Å². The molecular formula is C27H22Cl2N4O5S. The third kappa shape index (κ3) is 6.34. The summed E-state index contributed by atoms with van der Waals surface area (Å²) in [6.07, 6.45) is 0. The van der Waals surface area contributed by atoms with Gasteiger partial charge in [0.25, 0.3) is 5.56 Å². The summed E-state index contributed by atoms with van der Waals surface area (Å²) in [5.74, 6) is 0.316. The van der Waals surface area contributed by atoms with Crippen LogP contribution in [0.1, 0.15) is 16.7 Å². The van der Waals surface area contributed by atoms with E-state index in [0.717, 1.165) is 5.56 Å². The second-order valence-electron chi connectivity index (χ2n) is 8.34. The van der Waals surface area contributed by atoms with Gasteiger partial charge in [-0.15, -0.1) is 0 Å². The van der Waals surface area contributed by atoms with E-state index in [0.29, 0.717) is 44.9 Å². The summed E-state index contributed by atoms with van der Waals surface area (Å²) in [5.41, 5.74) is 1.08. The maximum absolute atomic E-state index is 13.3. The average molecular weight is 585 g/mol. The molecule has 0 amide bonds. The molecule has 0 radical (unpaired) electrons. The number of nitriles is 1. The molecule has 4 aromatic rings. The number of hydrogen-bond acceptors (Lipinski definition) is 8. The Labute approximate surface area is 234 Å². The third-order valence-corrected chi connectivity index (χ3v) is 7.96. The predicted octanol–water partition coefficient (Wildman–Crippen LogP) is 5.22. The molecule has 0 spiro atoms. The molecule has 0 fully saturated rings. The van der Waals surface area contributed by atoms with E-state index in [4.69, 9.17) is 32.7 Å². The van der Waals surface area contributed by atoms with Crippen molar-refractivity contribution in [3.05, 3.63) is 97.8 Å². The van der Waals surface area contributed by atoms with Crippen LogP contribution in [-0.2, 0) is 22.1 Å². The number of ether oxygens (including phenoxy) is 2. The minimum absolute atomic E-state index is 0.0854. The number of nitrogens with one attached hydrogen (secondary N) is 2. The van der Waals surface area contributed by atoms with Crippen LogP contribution in [0.4, 0.5) is 5.69 Å². The lowest BCUT2D eigenvalue weighted by Gasteiger charge is -2.12. The van der Waals surface area contributed by atoms with Gasteiger partial charge in [-0.05, 0) is 53.6 Å². The number of hydrogen-bond donors (Lipinski definition) is 2. The van der Waals surface area contributed by atoms with Crippen molar-refractivity contribution in [1.82, 2.24) is 9.97 Å². The first kappa shape index (κ1) is 28.0. The first-order chi connectivity index (χ1) is 18.6. The Morgan fingerprint density at radius 1 is 0.974 bits per heavy atom. The molecule has 0 bridgehead atoms. The molecule has 0 saturated carbocycles. The molecule has 0 atom stereocenters. The lowest BCUT2D eigenvalue weighted by Crippen LogP contribution is -2.20. The molecule has 12 heteroatoms. The van der Waals surface area contributed by atoms with Crippen LogP contribution in [0.5, 0.6) is 11.5 Å². The van der Waals surface area contributed by atoms with Crippen molar-refractivity contribution in [3.63, 3.8) is 0 Å². The van der Waals surface area contributed by atoms with Crippen molar-refractivity contribution >= 4 is 38.7 Å². The predicted molar refractivity (Wildman–Crippen MR) is 149 cm³/mol. The Morgan fingerprint density at radius 2 is 1.74 bits per heavy atom. The van der Waals surface area contributed by atoms with Crippen LogP contribution in [0, 0.1) is 11.3 Å². The van der Waals surface area contributed by atoms with Gasteiger partial charge in [0.05, 0.1) is 35.7 Å². The van der Waals surface area contributed by atoms with Crippen molar-refractivity contribution in [2.75, 3.05) is 19.5 Å². The van der Waals surface area contributed by atoms with Gasteiger partial charge in [0, 0.05) is 17.8 Å². The zero-order valence-corrected chi connectivity index (χ0v) is 23.1. The van der Waals surface area contributed by atoms with E-state index in [1.807, 2.05) is 6.07 Å². The Bertz CT molecular complexity index is 1750. The van der Waals surface area contributed by atoms with E-state index in [2.05, 4.69) is 15.3 Å². The van der Waals surface area contributed by atoms with Gasteiger partial charge < -0.3 is 14.8 Å². The van der Waals surface area contributed by atoms with Crippen LogP contribution < -0.4 is 20.3 Å². The third-order valence-electron chi connectivity index (χ3n) is 5.73. The molecule has 0 aliphatic carbocycles. The molecule has 2 N–H and O–H groups in total. The summed E-state index contributed by atoms with van der Waals surface area (Å²) in [6.45, 7) is 0.437. The summed E-state index contributed by atoms with van der Waals surface area (Å²) < 4.78 is 37.1. The van der Waals surface area contributed by atoms with Gasteiger partial charge in [-0.25, -0.2) is 13.4 Å². The van der Waals surface area contributed by atoms with E-state index in [1.165, 1.54) is 20.3 Å². The van der Waals surface area contributed by atoms with Crippen LogP contribution >= 0.6 is 23.2 Å². The van der Waals surface area contributed by atoms with Gasteiger partial charge in [0.15, 0.2) is 11.5 Å². The smallest absolute Gasteiger partial charge is 0.270 e. The minimum atomic E-state index is -4.11. The normalized spacial score (nSPS) is 11.1. The molecule has 1 heterocycles. The number of halogens is 2. The molecule has 4 rings (SSSR count). The second-order valence-corrected chi connectivity index (χ2v) is 11.1. The van der Waals surface area contributed by atoms with Gasteiger partial charge in [0.2, 0.25) is 15.0 Å². The van der Waals surface area contributed by atoms with Gasteiger partial charge in [-0.2, -0.15) is 5.26 Å². The second kappa shape index (κ2) is 11.8. The SMILES string of the molecule is COc1ccc(-c2nc(S(=O)(=O)Cc3cccc(NCc4ccc(Cl)c(Cl)c4)c3)[nH]c(=O)c2C#N)cc1OC. The van der Waals surface area contributed by atoms with Crippen molar-refractivity contribution in [2.45, 2.75) is 17.5 Å². The highest BCUT2D eigenvalue weighted by Gasteiger charge is 2.23. The number of sulfone groups is 1. The zero-order valence-electron chi connectivity index (χ0n) is 20.8. The zero-order chi connectivity index (χ0) is 28.2. The summed E-state index contributed by atoms with van der Waals surface area (Å²) >= 11 is 12.0. The number of aromatic nitrogens is 2. The largest absolute Gasteiger partial charge is 0.493 e. The first-order valence-corrected chi connectivity index (χ1v) is 13.8. The Morgan fingerprint density at radius 3 is 2.44 bits per heavy atom. The molecule has 0 saturated heterocycles. The Kier molecular flexibility index (Phi) is 8.45. The number of nitrogens with zero attached hydrogens (tertiary/aromatic N) is 2. The van der Waals surface area contributed by atoms with Crippen LogP contribution in [0.3, 0.4) is 0 Å². The van der Waals surface area contributed by atoms with E-state index >= 15 is 0 Å². The minimum Gasteiger partial charge on any atom is -0.493 e. The van der Waals surface area contributed by atoms with Crippen molar-refractivity contribution in [2.24, 2.45) is 0 Å². The fourth-order valence-corrected chi connectivity index (χ4v) is 5.36. The number of rotatable bonds is 9. The maximum Gasteiger partial charge on any atom is 0.270 e. The Balaban J connectivity index is 1.62. The molecule has 9 nitrogen and oxygen atoms in total. The lowest BCUT2D eigenvalue weighted by molar-refractivity contribution is 0.355. The van der Waals surface area contributed by atoms with Crippen molar-refractivity contribution in [3.8, 4) is 28.8 Å². The first-order valence-electron chi connectivity index (χ1n) is 11.4. The van der Waals surface area contributed by atoms with Crippen LogP contribution in [0.15, 0.2) is 70.6 Å². The summed E-state index contributed by atoms with van der Waals surface area (Å²) in [6, 6.07) is 18.6. The monoisotopic (exact) mass is 584 g/mol. The standard InChI is InChI=1S/C27H22Cl2N4O5S/c1-37-23-9-7-18(12-24(23)38-2)25-20(13-30)26(34)33-27(32-25)39(35,36)15-17-4-3-5-19(10-17)31-14-16-6-8-21(28)22(29)11-16/h3-12,31H,14-15H2,1-2H3,(H,32,33,34). The van der Waals surface area contributed by atoms with Crippen molar-refractivity contribution in [1.29, 1.82) is 5.26 Å². The van der Waals surface area contributed by atoms with Gasteiger partial charge in [-0.1, -0.05) is 41.4 Å². The molecular weight excluding hydrogens is 563 g/mol. The van der Waals surface area contributed by atoms with Gasteiger partial charge >= 0.3 is 0 Å².